The maximum absolute atomic E-state index is 12.7. The van der Waals surface area contributed by atoms with Crippen LogP contribution < -0.4 is 4.90 Å². The second-order valence-electron chi connectivity index (χ2n) is 6.70. The van der Waals surface area contributed by atoms with Crippen molar-refractivity contribution < 1.29 is 23.9 Å². The molecular formula is C19H24N2O5. The minimum Gasteiger partial charge on any atom is -0.347 e. The van der Waals surface area contributed by atoms with E-state index in [9.17, 15) is 14.4 Å². The normalized spacial score (nSPS) is 18.8. The zero-order valence-electron chi connectivity index (χ0n) is 15.2. The van der Waals surface area contributed by atoms with Crippen LogP contribution in [0, 0.1) is 0 Å². The molecule has 3 rings (SSSR count). The molecule has 7 nitrogen and oxygen atoms in total. The van der Waals surface area contributed by atoms with Gasteiger partial charge in [0.25, 0.3) is 0 Å². The highest BCUT2D eigenvalue weighted by Crippen LogP contribution is 2.31. The number of anilines is 1. The number of piperidine rings is 1. The van der Waals surface area contributed by atoms with Crippen LogP contribution in [0.4, 0.5) is 5.69 Å². The lowest BCUT2D eigenvalue weighted by Crippen LogP contribution is -2.50. The Hall–Kier alpha value is -2.25. The van der Waals surface area contributed by atoms with Crippen LogP contribution in [0.15, 0.2) is 24.3 Å². The maximum atomic E-state index is 12.7. The van der Waals surface area contributed by atoms with Crippen LogP contribution in [0.5, 0.6) is 0 Å². The molecule has 0 bridgehead atoms. The Morgan fingerprint density at radius 3 is 2.35 bits per heavy atom. The second kappa shape index (κ2) is 7.55. The summed E-state index contributed by atoms with van der Waals surface area (Å²) in [6.07, 6.45) is 1.28. The Balaban J connectivity index is 1.67. The molecule has 0 unspecified atom stereocenters. The fraction of sp³-hybridized carbons (Fsp3) is 0.526. The predicted octanol–water partition coefficient (Wildman–Crippen LogP) is 1.61. The van der Waals surface area contributed by atoms with E-state index in [1.165, 1.54) is 18.7 Å². The molecule has 2 fully saturated rings. The fourth-order valence-corrected chi connectivity index (χ4v) is 3.39. The Labute approximate surface area is 152 Å². The van der Waals surface area contributed by atoms with Crippen LogP contribution in [0.2, 0.25) is 0 Å². The third-order valence-electron chi connectivity index (χ3n) is 4.93. The van der Waals surface area contributed by atoms with Crippen molar-refractivity contribution in [3.05, 3.63) is 29.8 Å². The minimum atomic E-state index is -0.535. The number of Topliss-reactive ketones (excluding diaryl/α,β-unsaturated/α-hetero) is 1. The third kappa shape index (κ3) is 3.94. The van der Waals surface area contributed by atoms with E-state index in [0.29, 0.717) is 50.4 Å². The molecule has 0 aliphatic carbocycles. The molecule has 1 aromatic rings. The zero-order chi connectivity index (χ0) is 18.7. The van der Waals surface area contributed by atoms with Gasteiger partial charge in [0.1, 0.15) is 6.54 Å². The lowest BCUT2D eigenvalue weighted by Gasteiger charge is -2.38. The summed E-state index contributed by atoms with van der Waals surface area (Å²) in [5, 5.41) is 0. The van der Waals surface area contributed by atoms with E-state index >= 15 is 0 Å². The Kier molecular flexibility index (Phi) is 5.38. The first-order chi connectivity index (χ1) is 12.4. The summed E-state index contributed by atoms with van der Waals surface area (Å²) in [6.45, 7) is 5.11. The molecule has 2 aliphatic rings. The molecule has 2 heterocycles. The van der Waals surface area contributed by atoms with E-state index in [1.54, 1.807) is 29.2 Å². The summed E-state index contributed by atoms with van der Waals surface area (Å²) in [5.41, 5.74) is 1.06. The van der Waals surface area contributed by atoms with Crippen molar-refractivity contribution in [2.75, 3.05) is 37.7 Å². The maximum Gasteiger partial charge on any atom is 0.242 e. The SMILES string of the molecule is CC(=O)c1cccc(N(CC(=O)N2CCC3(CC2)OCCO3)C(C)=O)c1. The Morgan fingerprint density at radius 2 is 1.77 bits per heavy atom. The van der Waals surface area contributed by atoms with E-state index in [2.05, 4.69) is 0 Å². The molecule has 140 valence electrons. The minimum absolute atomic E-state index is 0.0502. The van der Waals surface area contributed by atoms with Gasteiger partial charge in [0, 0.05) is 44.1 Å². The van der Waals surface area contributed by atoms with Gasteiger partial charge in [-0.25, -0.2) is 0 Å². The quantitative estimate of drug-likeness (QED) is 0.763. The van der Waals surface area contributed by atoms with Crippen molar-refractivity contribution in [3.63, 3.8) is 0 Å². The van der Waals surface area contributed by atoms with Gasteiger partial charge in [0.15, 0.2) is 11.6 Å². The van der Waals surface area contributed by atoms with Crippen molar-refractivity contribution in [1.29, 1.82) is 0 Å². The summed E-state index contributed by atoms with van der Waals surface area (Å²) in [5.74, 6) is -0.983. The number of ether oxygens (including phenoxy) is 2. The van der Waals surface area contributed by atoms with Crippen LogP contribution in [0.1, 0.15) is 37.0 Å². The number of rotatable bonds is 4. The van der Waals surface area contributed by atoms with E-state index in [1.807, 2.05) is 0 Å². The summed E-state index contributed by atoms with van der Waals surface area (Å²) < 4.78 is 11.4. The van der Waals surface area contributed by atoms with Crippen LogP contribution in [0.25, 0.3) is 0 Å². The van der Waals surface area contributed by atoms with E-state index in [-0.39, 0.29) is 24.1 Å². The first-order valence-corrected chi connectivity index (χ1v) is 8.85. The van der Waals surface area contributed by atoms with Gasteiger partial charge >= 0.3 is 0 Å². The number of carbonyl (C=O) groups excluding carboxylic acids is 3. The molecule has 7 heteroatoms. The van der Waals surface area contributed by atoms with Gasteiger partial charge in [-0.05, 0) is 19.1 Å². The summed E-state index contributed by atoms with van der Waals surface area (Å²) >= 11 is 0. The van der Waals surface area contributed by atoms with Crippen LogP contribution in [0.3, 0.4) is 0 Å². The monoisotopic (exact) mass is 360 g/mol. The average molecular weight is 360 g/mol. The van der Waals surface area contributed by atoms with E-state index in [0.717, 1.165) is 0 Å². The molecule has 1 spiro atoms. The van der Waals surface area contributed by atoms with Crippen molar-refractivity contribution in [1.82, 2.24) is 4.90 Å². The number of likely N-dealkylation sites (tertiary alicyclic amines) is 1. The molecule has 0 saturated carbocycles. The van der Waals surface area contributed by atoms with Crippen molar-refractivity contribution in [2.45, 2.75) is 32.5 Å². The second-order valence-corrected chi connectivity index (χ2v) is 6.70. The molecule has 0 radical (unpaired) electrons. The third-order valence-corrected chi connectivity index (χ3v) is 4.93. The number of benzene rings is 1. The molecule has 0 aromatic heterocycles. The highest BCUT2D eigenvalue weighted by atomic mass is 16.7. The van der Waals surface area contributed by atoms with Crippen LogP contribution >= 0.6 is 0 Å². The summed E-state index contributed by atoms with van der Waals surface area (Å²) in [6, 6.07) is 6.78. The first-order valence-electron chi connectivity index (χ1n) is 8.85. The zero-order valence-corrected chi connectivity index (χ0v) is 15.2. The van der Waals surface area contributed by atoms with Crippen molar-refractivity contribution in [3.8, 4) is 0 Å². The Morgan fingerprint density at radius 1 is 1.12 bits per heavy atom. The van der Waals surface area contributed by atoms with Crippen molar-refractivity contribution in [2.24, 2.45) is 0 Å². The standard InChI is InChI=1S/C19H24N2O5/c1-14(22)16-4-3-5-17(12-16)21(15(2)23)13-18(24)20-8-6-19(7-9-20)25-10-11-26-19/h3-5,12H,6-11,13H2,1-2H3. The van der Waals surface area contributed by atoms with Crippen molar-refractivity contribution >= 4 is 23.3 Å². The van der Waals surface area contributed by atoms with Gasteiger partial charge in [-0.2, -0.15) is 0 Å². The average Bonchev–Trinajstić information content (AvgIpc) is 3.08. The number of hydrogen-bond acceptors (Lipinski definition) is 5. The largest absolute Gasteiger partial charge is 0.347 e. The molecule has 0 atom stereocenters. The topological polar surface area (TPSA) is 76.2 Å². The molecular weight excluding hydrogens is 336 g/mol. The molecule has 1 aromatic carbocycles. The number of amides is 2. The lowest BCUT2D eigenvalue weighted by molar-refractivity contribution is -0.187. The highest BCUT2D eigenvalue weighted by molar-refractivity contribution is 6.00. The molecule has 2 saturated heterocycles. The van der Waals surface area contributed by atoms with Gasteiger partial charge < -0.3 is 19.3 Å². The number of nitrogens with zero attached hydrogens (tertiary/aromatic N) is 2. The highest BCUT2D eigenvalue weighted by Gasteiger charge is 2.40. The molecule has 26 heavy (non-hydrogen) atoms. The Bertz CT molecular complexity index is 702. The van der Waals surface area contributed by atoms with Gasteiger partial charge in [-0.1, -0.05) is 12.1 Å². The van der Waals surface area contributed by atoms with Gasteiger partial charge in [-0.15, -0.1) is 0 Å². The lowest BCUT2D eigenvalue weighted by atomic mass is 10.0. The van der Waals surface area contributed by atoms with Gasteiger partial charge in [-0.3, -0.25) is 14.4 Å². The molecule has 2 aliphatic heterocycles. The van der Waals surface area contributed by atoms with Crippen LogP contribution in [-0.4, -0.2) is 61.1 Å². The van der Waals surface area contributed by atoms with E-state index < -0.39 is 5.79 Å². The summed E-state index contributed by atoms with van der Waals surface area (Å²) in [4.78, 5) is 39.5. The molecule has 0 N–H and O–H groups in total. The summed E-state index contributed by atoms with van der Waals surface area (Å²) in [7, 11) is 0. The molecule has 2 amide bonds. The van der Waals surface area contributed by atoms with Gasteiger partial charge in [0.2, 0.25) is 11.8 Å². The number of hydrogen-bond donors (Lipinski definition) is 0. The number of carbonyl (C=O) groups is 3. The van der Waals surface area contributed by atoms with E-state index in [4.69, 9.17) is 9.47 Å². The fourth-order valence-electron chi connectivity index (χ4n) is 3.39. The van der Waals surface area contributed by atoms with Gasteiger partial charge in [0.05, 0.1) is 13.2 Å². The smallest absolute Gasteiger partial charge is 0.242 e. The van der Waals surface area contributed by atoms with Crippen LogP contribution in [-0.2, 0) is 19.1 Å². The first kappa shape index (κ1) is 18.5. The predicted molar refractivity (Wildman–Crippen MR) is 94.9 cm³/mol. The number of ketones is 1.